The Kier molecular flexibility index (Phi) is 6.90. The monoisotopic (exact) mass is 367 g/mol. The molecule has 0 radical (unpaired) electrons. The number of benzene rings is 1. The van der Waals surface area contributed by atoms with Crippen molar-refractivity contribution < 1.29 is 4.74 Å². The number of para-hydroxylation sites is 1. The van der Waals surface area contributed by atoms with Gasteiger partial charge >= 0.3 is 0 Å². The maximum Gasteiger partial charge on any atom is 0.213 e. The number of nitrogens with zero attached hydrogens (tertiary/aromatic N) is 3. The zero-order valence-electron chi connectivity index (χ0n) is 16.2. The molecule has 6 nitrogen and oxygen atoms in total. The van der Waals surface area contributed by atoms with E-state index in [0.29, 0.717) is 25.1 Å². The Hall–Kier alpha value is -2.76. The van der Waals surface area contributed by atoms with Crippen LogP contribution in [0.15, 0.2) is 53.7 Å². The zero-order chi connectivity index (χ0) is 18.9. The molecule has 1 aliphatic heterocycles. The van der Waals surface area contributed by atoms with E-state index in [2.05, 4.69) is 62.8 Å². The molecule has 0 spiro atoms. The van der Waals surface area contributed by atoms with Gasteiger partial charge in [0.05, 0.1) is 6.61 Å². The first-order valence-corrected chi connectivity index (χ1v) is 9.63. The summed E-state index contributed by atoms with van der Waals surface area (Å²) in [5, 5.41) is 6.90. The minimum Gasteiger partial charge on any atom is -0.478 e. The highest BCUT2D eigenvalue weighted by molar-refractivity contribution is 5.80. The molecule has 1 aromatic heterocycles. The largest absolute Gasteiger partial charge is 0.478 e. The fourth-order valence-corrected chi connectivity index (χ4v) is 3.13. The van der Waals surface area contributed by atoms with Crippen LogP contribution >= 0.6 is 0 Å². The summed E-state index contributed by atoms with van der Waals surface area (Å²) < 4.78 is 5.52. The summed E-state index contributed by atoms with van der Waals surface area (Å²) in [6, 6.07) is 14.9. The number of ether oxygens (including phenoxy) is 1. The van der Waals surface area contributed by atoms with Crippen LogP contribution in [0.2, 0.25) is 0 Å². The summed E-state index contributed by atoms with van der Waals surface area (Å²) in [5.74, 6) is 1.50. The number of anilines is 1. The molecule has 1 atom stereocenters. The van der Waals surface area contributed by atoms with Gasteiger partial charge in [0, 0.05) is 50.7 Å². The van der Waals surface area contributed by atoms with Crippen molar-refractivity contribution in [3.8, 4) is 5.88 Å². The maximum atomic E-state index is 5.52. The van der Waals surface area contributed by atoms with E-state index in [1.54, 1.807) is 7.05 Å². The van der Waals surface area contributed by atoms with Crippen LogP contribution in [-0.2, 0) is 6.54 Å². The third kappa shape index (κ3) is 5.61. The Balaban J connectivity index is 1.46. The second kappa shape index (κ2) is 9.80. The van der Waals surface area contributed by atoms with E-state index < -0.39 is 0 Å². The van der Waals surface area contributed by atoms with Gasteiger partial charge in [0.1, 0.15) is 0 Å². The molecule has 2 aromatic rings. The lowest BCUT2D eigenvalue weighted by molar-refractivity contribution is 0.305. The van der Waals surface area contributed by atoms with Crippen LogP contribution in [0.3, 0.4) is 0 Å². The number of pyridine rings is 1. The molecule has 3 rings (SSSR count). The summed E-state index contributed by atoms with van der Waals surface area (Å²) in [6.07, 6.45) is 3.93. The molecule has 1 saturated heterocycles. The van der Waals surface area contributed by atoms with Crippen LogP contribution in [0.1, 0.15) is 25.3 Å². The number of aliphatic imine (C=N–C) groups is 1. The Labute approximate surface area is 161 Å². The summed E-state index contributed by atoms with van der Waals surface area (Å²) >= 11 is 0. The number of guanidine groups is 1. The van der Waals surface area contributed by atoms with Gasteiger partial charge in [-0.05, 0) is 30.5 Å². The average Bonchev–Trinajstić information content (AvgIpc) is 3.19. The number of nitrogens with one attached hydrogen (secondary N) is 2. The second-order valence-corrected chi connectivity index (χ2v) is 6.69. The fourth-order valence-electron chi connectivity index (χ4n) is 3.13. The molecule has 2 N–H and O–H groups in total. The lowest BCUT2D eigenvalue weighted by atomic mass is 10.2. The molecule has 0 saturated carbocycles. The molecule has 0 bridgehead atoms. The lowest BCUT2D eigenvalue weighted by Crippen LogP contribution is -2.44. The normalized spacial score (nSPS) is 17.0. The highest BCUT2D eigenvalue weighted by atomic mass is 16.5. The summed E-state index contributed by atoms with van der Waals surface area (Å²) in [4.78, 5) is 11.1. The van der Waals surface area contributed by atoms with E-state index in [9.17, 15) is 0 Å². The average molecular weight is 367 g/mol. The van der Waals surface area contributed by atoms with E-state index in [1.807, 2.05) is 18.3 Å². The maximum absolute atomic E-state index is 5.52. The van der Waals surface area contributed by atoms with Gasteiger partial charge in [0.15, 0.2) is 5.96 Å². The van der Waals surface area contributed by atoms with Crippen molar-refractivity contribution in [3.63, 3.8) is 0 Å². The molecule has 1 aromatic carbocycles. The molecule has 0 aliphatic carbocycles. The molecule has 144 valence electrons. The first kappa shape index (κ1) is 19.0. The van der Waals surface area contributed by atoms with Crippen LogP contribution in [0.5, 0.6) is 5.88 Å². The smallest absolute Gasteiger partial charge is 0.213 e. The Morgan fingerprint density at radius 1 is 1.26 bits per heavy atom. The predicted molar refractivity (Wildman–Crippen MR) is 110 cm³/mol. The van der Waals surface area contributed by atoms with Gasteiger partial charge in [0.2, 0.25) is 5.88 Å². The minimum atomic E-state index is 0.388. The molecular weight excluding hydrogens is 338 g/mol. The van der Waals surface area contributed by atoms with Crippen LogP contribution in [0, 0.1) is 0 Å². The van der Waals surface area contributed by atoms with Crippen LogP contribution in [0.25, 0.3) is 0 Å². The number of aromatic nitrogens is 1. The van der Waals surface area contributed by atoms with Crippen molar-refractivity contribution >= 4 is 11.6 Å². The van der Waals surface area contributed by atoms with Crippen molar-refractivity contribution in [2.45, 2.75) is 32.4 Å². The van der Waals surface area contributed by atoms with Gasteiger partial charge in [-0.3, -0.25) is 4.99 Å². The third-order valence-corrected chi connectivity index (χ3v) is 4.59. The topological polar surface area (TPSA) is 61.8 Å². The zero-order valence-corrected chi connectivity index (χ0v) is 16.2. The standard InChI is InChI=1S/C21H29N5O/c1-3-13-27-20-10-9-17(14-23-20)15-24-21(22-2)25-18-11-12-26(16-18)19-7-5-4-6-8-19/h4-10,14,18H,3,11-13,15-16H2,1-2H3,(H2,22,24,25). The van der Waals surface area contributed by atoms with Crippen molar-refractivity contribution in [3.05, 3.63) is 54.2 Å². The Bertz CT molecular complexity index is 717. The molecule has 1 aliphatic rings. The van der Waals surface area contributed by atoms with Crippen molar-refractivity contribution in [1.82, 2.24) is 15.6 Å². The molecule has 1 fully saturated rings. The third-order valence-electron chi connectivity index (χ3n) is 4.59. The van der Waals surface area contributed by atoms with Gasteiger partial charge in [-0.2, -0.15) is 0 Å². The Morgan fingerprint density at radius 3 is 2.81 bits per heavy atom. The summed E-state index contributed by atoms with van der Waals surface area (Å²) in [7, 11) is 1.80. The Morgan fingerprint density at radius 2 is 2.11 bits per heavy atom. The molecular formula is C21H29N5O. The first-order chi connectivity index (χ1) is 13.3. The lowest BCUT2D eigenvalue weighted by Gasteiger charge is -2.20. The second-order valence-electron chi connectivity index (χ2n) is 6.69. The van der Waals surface area contributed by atoms with Gasteiger partial charge in [-0.15, -0.1) is 0 Å². The van der Waals surface area contributed by atoms with E-state index in [0.717, 1.165) is 37.5 Å². The predicted octanol–water partition coefficient (Wildman–Crippen LogP) is 2.81. The van der Waals surface area contributed by atoms with Gasteiger partial charge in [0.25, 0.3) is 0 Å². The van der Waals surface area contributed by atoms with Crippen molar-refractivity contribution in [2.24, 2.45) is 4.99 Å². The van der Waals surface area contributed by atoms with Gasteiger partial charge < -0.3 is 20.3 Å². The first-order valence-electron chi connectivity index (χ1n) is 9.63. The van der Waals surface area contributed by atoms with E-state index in [1.165, 1.54) is 5.69 Å². The number of rotatable bonds is 7. The fraction of sp³-hybridized carbons (Fsp3) is 0.429. The number of hydrogen-bond acceptors (Lipinski definition) is 4. The van der Waals surface area contributed by atoms with E-state index >= 15 is 0 Å². The van der Waals surface area contributed by atoms with E-state index in [4.69, 9.17) is 4.74 Å². The molecule has 2 heterocycles. The van der Waals surface area contributed by atoms with Crippen LogP contribution in [-0.4, -0.2) is 43.7 Å². The molecule has 0 amide bonds. The molecule has 6 heteroatoms. The van der Waals surface area contributed by atoms with Crippen LogP contribution in [0.4, 0.5) is 5.69 Å². The summed E-state index contributed by atoms with van der Waals surface area (Å²) in [6.45, 7) is 5.50. The quantitative estimate of drug-likeness (QED) is 0.582. The van der Waals surface area contributed by atoms with Crippen molar-refractivity contribution in [1.29, 1.82) is 0 Å². The number of hydrogen-bond donors (Lipinski definition) is 2. The summed E-state index contributed by atoms with van der Waals surface area (Å²) in [5.41, 5.74) is 2.38. The minimum absolute atomic E-state index is 0.388. The van der Waals surface area contributed by atoms with Crippen molar-refractivity contribution in [2.75, 3.05) is 31.6 Å². The molecule has 27 heavy (non-hydrogen) atoms. The molecule has 1 unspecified atom stereocenters. The van der Waals surface area contributed by atoms with Crippen LogP contribution < -0.4 is 20.3 Å². The van der Waals surface area contributed by atoms with E-state index in [-0.39, 0.29) is 0 Å². The van der Waals surface area contributed by atoms with Gasteiger partial charge in [-0.1, -0.05) is 31.2 Å². The SMILES string of the molecule is CCCOc1ccc(CNC(=NC)NC2CCN(c3ccccc3)C2)cn1. The van der Waals surface area contributed by atoms with Gasteiger partial charge in [-0.25, -0.2) is 4.98 Å². The highest BCUT2D eigenvalue weighted by Crippen LogP contribution is 2.19. The highest BCUT2D eigenvalue weighted by Gasteiger charge is 2.23.